The number of methoxy groups -OCH3 is 1. The van der Waals surface area contributed by atoms with E-state index in [1.54, 1.807) is 18.2 Å². The number of halogens is 2. The first kappa shape index (κ1) is 13.3. The molecule has 1 atom stereocenters. The van der Waals surface area contributed by atoms with Gasteiger partial charge in [-0.15, -0.1) is 0 Å². The first-order valence-electron chi connectivity index (χ1n) is 5.13. The smallest absolute Gasteiger partial charge is 0.313 e. The Labute approximate surface area is 106 Å². The maximum atomic E-state index is 11.6. The summed E-state index contributed by atoms with van der Waals surface area (Å²) in [6, 6.07) is 5.15. The van der Waals surface area contributed by atoms with Crippen LogP contribution in [-0.4, -0.2) is 13.1 Å². The molecule has 4 heteroatoms. The van der Waals surface area contributed by atoms with Crippen LogP contribution < -0.4 is 0 Å². The second kappa shape index (κ2) is 6.12. The lowest BCUT2D eigenvalue weighted by atomic mass is 9.94. The number of hydrogen-bond donors (Lipinski definition) is 0. The highest BCUT2D eigenvalue weighted by Crippen LogP contribution is 2.31. The molecule has 0 heterocycles. The van der Waals surface area contributed by atoms with E-state index < -0.39 is 0 Å². The molecule has 0 saturated carbocycles. The van der Waals surface area contributed by atoms with E-state index in [4.69, 9.17) is 27.9 Å². The van der Waals surface area contributed by atoms with E-state index in [2.05, 4.69) is 0 Å². The predicted molar refractivity (Wildman–Crippen MR) is 66.1 cm³/mol. The largest absolute Gasteiger partial charge is 0.469 e. The first-order chi connectivity index (χ1) is 7.60. The van der Waals surface area contributed by atoms with Gasteiger partial charge in [0.1, 0.15) is 0 Å². The van der Waals surface area contributed by atoms with Crippen molar-refractivity contribution in [2.75, 3.05) is 7.11 Å². The maximum absolute atomic E-state index is 11.6. The Kier molecular flexibility index (Phi) is 5.10. The Morgan fingerprint density at radius 1 is 1.44 bits per heavy atom. The molecule has 1 aromatic carbocycles. The van der Waals surface area contributed by atoms with Crippen LogP contribution in [0.3, 0.4) is 0 Å². The van der Waals surface area contributed by atoms with Crippen molar-refractivity contribution in [3.05, 3.63) is 33.8 Å². The molecule has 0 radical (unpaired) electrons. The quantitative estimate of drug-likeness (QED) is 0.764. The molecule has 0 aliphatic heterocycles. The SMILES string of the molecule is CCC[C@H](C(=O)OC)c1ccc(Cl)cc1Cl. The van der Waals surface area contributed by atoms with Crippen molar-refractivity contribution in [1.29, 1.82) is 0 Å². The molecule has 0 unspecified atom stereocenters. The zero-order valence-corrected chi connectivity index (χ0v) is 10.8. The Hall–Kier alpha value is -0.730. The molecule has 0 aliphatic rings. The highest BCUT2D eigenvalue weighted by molar-refractivity contribution is 6.35. The number of ether oxygens (including phenoxy) is 1. The predicted octanol–water partition coefficient (Wildman–Crippen LogP) is 4.05. The molecule has 16 heavy (non-hydrogen) atoms. The molecular weight excluding hydrogens is 247 g/mol. The van der Waals surface area contributed by atoms with E-state index >= 15 is 0 Å². The molecule has 0 N–H and O–H groups in total. The van der Waals surface area contributed by atoms with E-state index in [0.717, 1.165) is 12.0 Å². The molecule has 0 fully saturated rings. The second-order valence-electron chi connectivity index (χ2n) is 3.53. The molecule has 2 nitrogen and oxygen atoms in total. The van der Waals surface area contributed by atoms with Crippen LogP contribution in [0.25, 0.3) is 0 Å². The summed E-state index contributed by atoms with van der Waals surface area (Å²) < 4.78 is 4.77. The zero-order valence-electron chi connectivity index (χ0n) is 9.30. The Morgan fingerprint density at radius 3 is 2.62 bits per heavy atom. The average molecular weight is 261 g/mol. The van der Waals surface area contributed by atoms with Crippen molar-refractivity contribution in [1.82, 2.24) is 0 Å². The van der Waals surface area contributed by atoms with Crippen molar-refractivity contribution in [2.24, 2.45) is 0 Å². The number of benzene rings is 1. The summed E-state index contributed by atoms with van der Waals surface area (Å²) in [5.41, 5.74) is 0.778. The molecule has 1 rings (SSSR count). The van der Waals surface area contributed by atoms with Gasteiger partial charge in [0.15, 0.2) is 0 Å². The zero-order chi connectivity index (χ0) is 12.1. The van der Waals surface area contributed by atoms with Gasteiger partial charge in [-0.2, -0.15) is 0 Å². The molecule has 0 bridgehead atoms. The number of hydrogen-bond acceptors (Lipinski definition) is 2. The Balaban J connectivity index is 3.05. The number of carbonyl (C=O) groups excluding carboxylic acids is 1. The number of rotatable bonds is 4. The van der Waals surface area contributed by atoms with Crippen LogP contribution in [0.15, 0.2) is 18.2 Å². The minimum Gasteiger partial charge on any atom is -0.469 e. The van der Waals surface area contributed by atoms with E-state index in [9.17, 15) is 4.79 Å². The van der Waals surface area contributed by atoms with Gasteiger partial charge in [-0.1, -0.05) is 42.6 Å². The standard InChI is InChI=1S/C12H14Cl2O2/c1-3-4-10(12(15)16-2)9-6-5-8(13)7-11(9)14/h5-7,10H,3-4H2,1-2H3/t10-/m0/s1. The van der Waals surface area contributed by atoms with Gasteiger partial charge in [-0.3, -0.25) is 4.79 Å². The fourth-order valence-electron chi connectivity index (χ4n) is 1.62. The van der Waals surface area contributed by atoms with Gasteiger partial charge in [-0.05, 0) is 24.1 Å². The van der Waals surface area contributed by atoms with Gasteiger partial charge in [0.2, 0.25) is 0 Å². The Bertz CT molecular complexity index is 377. The summed E-state index contributed by atoms with van der Waals surface area (Å²) in [6.45, 7) is 2.01. The summed E-state index contributed by atoms with van der Waals surface area (Å²) >= 11 is 11.9. The van der Waals surface area contributed by atoms with Crippen molar-refractivity contribution in [3.63, 3.8) is 0 Å². The molecule has 0 aromatic heterocycles. The minimum atomic E-state index is -0.306. The van der Waals surface area contributed by atoms with Gasteiger partial charge >= 0.3 is 5.97 Å². The van der Waals surface area contributed by atoms with Crippen molar-refractivity contribution < 1.29 is 9.53 Å². The van der Waals surface area contributed by atoms with Gasteiger partial charge in [0.25, 0.3) is 0 Å². The number of carbonyl (C=O) groups is 1. The lowest BCUT2D eigenvalue weighted by Crippen LogP contribution is -2.14. The summed E-state index contributed by atoms with van der Waals surface area (Å²) in [4.78, 5) is 11.6. The van der Waals surface area contributed by atoms with Crippen molar-refractivity contribution in [3.8, 4) is 0 Å². The van der Waals surface area contributed by atoms with Crippen LogP contribution >= 0.6 is 23.2 Å². The fraction of sp³-hybridized carbons (Fsp3) is 0.417. The lowest BCUT2D eigenvalue weighted by Gasteiger charge is -2.15. The highest BCUT2D eigenvalue weighted by Gasteiger charge is 2.22. The van der Waals surface area contributed by atoms with E-state index in [1.807, 2.05) is 6.92 Å². The third-order valence-electron chi connectivity index (χ3n) is 2.40. The van der Waals surface area contributed by atoms with Crippen LogP contribution in [0.2, 0.25) is 10.0 Å². The normalized spacial score (nSPS) is 12.2. The Morgan fingerprint density at radius 2 is 2.12 bits per heavy atom. The molecule has 1 aromatic rings. The van der Waals surface area contributed by atoms with Crippen molar-refractivity contribution >= 4 is 29.2 Å². The summed E-state index contributed by atoms with van der Waals surface area (Å²) in [6.07, 6.45) is 1.60. The molecule has 0 amide bonds. The molecule has 88 valence electrons. The summed E-state index contributed by atoms with van der Waals surface area (Å²) in [5.74, 6) is -0.564. The fourth-order valence-corrected chi connectivity index (χ4v) is 2.16. The molecule has 0 saturated heterocycles. The minimum absolute atomic E-state index is 0.258. The van der Waals surface area contributed by atoms with Crippen molar-refractivity contribution in [2.45, 2.75) is 25.7 Å². The highest BCUT2D eigenvalue weighted by atomic mass is 35.5. The average Bonchev–Trinajstić information content (AvgIpc) is 2.26. The molecule has 0 spiro atoms. The van der Waals surface area contributed by atoms with Crippen LogP contribution in [0.4, 0.5) is 0 Å². The third kappa shape index (κ3) is 3.13. The maximum Gasteiger partial charge on any atom is 0.313 e. The van der Waals surface area contributed by atoms with Crippen LogP contribution in [-0.2, 0) is 9.53 Å². The third-order valence-corrected chi connectivity index (χ3v) is 2.96. The molecular formula is C12H14Cl2O2. The monoisotopic (exact) mass is 260 g/mol. The topological polar surface area (TPSA) is 26.3 Å². The van der Waals surface area contributed by atoms with Gasteiger partial charge in [0.05, 0.1) is 13.0 Å². The van der Waals surface area contributed by atoms with E-state index in [1.165, 1.54) is 7.11 Å². The van der Waals surface area contributed by atoms with Crippen LogP contribution in [0.1, 0.15) is 31.2 Å². The lowest BCUT2D eigenvalue weighted by molar-refractivity contribution is -0.142. The molecule has 0 aliphatic carbocycles. The van der Waals surface area contributed by atoms with Crippen LogP contribution in [0, 0.1) is 0 Å². The van der Waals surface area contributed by atoms with Gasteiger partial charge in [0, 0.05) is 10.0 Å². The van der Waals surface area contributed by atoms with E-state index in [-0.39, 0.29) is 11.9 Å². The van der Waals surface area contributed by atoms with Crippen LogP contribution in [0.5, 0.6) is 0 Å². The van der Waals surface area contributed by atoms with Gasteiger partial charge < -0.3 is 4.74 Å². The summed E-state index contributed by atoms with van der Waals surface area (Å²) in [7, 11) is 1.38. The summed E-state index contributed by atoms with van der Waals surface area (Å²) in [5, 5.41) is 1.07. The second-order valence-corrected chi connectivity index (χ2v) is 4.37. The van der Waals surface area contributed by atoms with Gasteiger partial charge in [-0.25, -0.2) is 0 Å². The van der Waals surface area contributed by atoms with E-state index in [0.29, 0.717) is 16.5 Å². The number of esters is 1. The first-order valence-corrected chi connectivity index (χ1v) is 5.88.